The van der Waals surface area contributed by atoms with Crippen LogP contribution in [0.4, 0.5) is 0 Å². The average molecular weight is 274 g/mol. The molecule has 0 saturated heterocycles. The molecule has 0 saturated carbocycles. The van der Waals surface area contributed by atoms with E-state index in [2.05, 4.69) is 67.6 Å². The molecule has 0 fully saturated rings. The summed E-state index contributed by atoms with van der Waals surface area (Å²) in [5, 5.41) is 3.06. The summed E-state index contributed by atoms with van der Waals surface area (Å²) in [4.78, 5) is 0. The first-order valence-electron chi connectivity index (χ1n) is 6.49. The molecular formula is C16H20P2. The van der Waals surface area contributed by atoms with Gasteiger partial charge >= 0.3 is 0 Å². The van der Waals surface area contributed by atoms with Crippen LogP contribution < -0.4 is 10.6 Å². The molecule has 2 aromatic rings. The van der Waals surface area contributed by atoms with Gasteiger partial charge in [0.15, 0.2) is 0 Å². The minimum Gasteiger partial charge on any atom is -0.0900 e. The maximum Gasteiger partial charge on any atom is -0.0240 e. The van der Waals surface area contributed by atoms with Gasteiger partial charge in [0.05, 0.1) is 0 Å². The van der Waals surface area contributed by atoms with Gasteiger partial charge in [0.25, 0.3) is 0 Å². The largest absolute Gasteiger partial charge is 0.0900 e. The molecule has 94 valence electrons. The monoisotopic (exact) mass is 274 g/mol. The van der Waals surface area contributed by atoms with Gasteiger partial charge in [-0.05, 0) is 29.1 Å². The van der Waals surface area contributed by atoms with Crippen molar-refractivity contribution in [2.45, 2.75) is 6.92 Å². The molecule has 2 aromatic carbocycles. The summed E-state index contributed by atoms with van der Waals surface area (Å²) in [7, 11) is 1.02. The lowest BCUT2D eigenvalue weighted by atomic mass is 10.4. The van der Waals surface area contributed by atoms with Crippen LogP contribution in [-0.4, -0.2) is 18.5 Å². The van der Waals surface area contributed by atoms with E-state index < -0.39 is 0 Å². The standard InChI is InChI=1S/C16H20P2/c1-2-18(16-11-7-4-8-12-16)14-13-17-15-9-5-3-6-10-15/h3-12,17H,2,13-14H2,1H3. The van der Waals surface area contributed by atoms with Crippen molar-refractivity contribution in [1.29, 1.82) is 0 Å². The molecule has 0 aromatic heterocycles. The van der Waals surface area contributed by atoms with Crippen molar-refractivity contribution < 1.29 is 0 Å². The normalized spacial score (nSPS) is 12.9. The summed E-state index contributed by atoms with van der Waals surface area (Å²) in [6, 6.07) is 21.9. The zero-order valence-corrected chi connectivity index (χ0v) is 12.7. The van der Waals surface area contributed by atoms with Crippen LogP contribution in [0.3, 0.4) is 0 Å². The topological polar surface area (TPSA) is 0 Å². The summed E-state index contributed by atoms with van der Waals surface area (Å²) in [5.74, 6) is 0. The highest BCUT2D eigenvalue weighted by molar-refractivity contribution is 7.66. The lowest BCUT2D eigenvalue weighted by Crippen LogP contribution is -2.06. The van der Waals surface area contributed by atoms with Crippen LogP contribution in [-0.2, 0) is 0 Å². The Morgan fingerprint density at radius 2 is 1.50 bits per heavy atom. The first-order chi connectivity index (χ1) is 8.90. The highest BCUT2D eigenvalue weighted by Crippen LogP contribution is 2.35. The first kappa shape index (κ1) is 13.7. The highest BCUT2D eigenvalue weighted by atomic mass is 31.1. The Hall–Kier alpha value is -0.700. The molecule has 0 amide bonds. The molecule has 2 heteroatoms. The van der Waals surface area contributed by atoms with E-state index in [-0.39, 0.29) is 7.92 Å². The summed E-state index contributed by atoms with van der Waals surface area (Å²) in [6.07, 6.45) is 4.00. The molecule has 0 radical (unpaired) electrons. The van der Waals surface area contributed by atoms with E-state index in [1.54, 1.807) is 5.30 Å². The van der Waals surface area contributed by atoms with E-state index in [0.29, 0.717) is 0 Å². The molecule has 0 heterocycles. The molecule has 0 spiro atoms. The smallest absolute Gasteiger partial charge is 0.0240 e. The molecule has 2 unspecified atom stereocenters. The summed E-state index contributed by atoms with van der Waals surface area (Å²) < 4.78 is 0. The lowest BCUT2D eigenvalue weighted by molar-refractivity contribution is 1.43. The van der Waals surface area contributed by atoms with E-state index in [1.165, 1.54) is 23.8 Å². The third-order valence-corrected chi connectivity index (χ3v) is 7.21. The van der Waals surface area contributed by atoms with E-state index in [4.69, 9.17) is 0 Å². The molecule has 2 rings (SSSR count). The van der Waals surface area contributed by atoms with E-state index >= 15 is 0 Å². The van der Waals surface area contributed by atoms with E-state index in [9.17, 15) is 0 Å². The summed E-state index contributed by atoms with van der Waals surface area (Å²) in [5.41, 5.74) is 0. The van der Waals surface area contributed by atoms with Gasteiger partial charge < -0.3 is 0 Å². The third-order valence-electron chi connectivity index (χ3n) is 2.99. The quantitative estimate of drug-likeness (QED) is 0.702. The Labute approximate surface area is 113 Å². The van der Waals surface area contributed by atoms with Gasteiger partial charge in [0.2, 0.25) is 0 Å². The van der Waals surface area contributed by atoms with Gasteiger partial charge in [-0.25, -0.2) is 0 Å². The minimum atomic E-state index is 0.0571. The van der Waals surface area contributed by atoms with Crippen molar-refractivity contribution in [2.24, 2.45) is 0 Å². The summed E-state index contributed by atoms with van der Waals surface area (Å²) >= 11 is 0. The van der Waals surface area contributed by atoms with Gasteiger partial charge in [-0.15, -0.1) is 0 Å². The lowest BCUT2D eigenvalue weighted by Gasteiger charge is -2.15. The fraction of sp³-hybridized carbons (Fsp3) is 0.250. The van der Waals surface area contributed by atoms with Gasteiger partial charge in [-0.1, -0.05) is 84.1 Å². The highest BCUT2D eigenvalue weighted by Gasteiger charge is 2.07. The van der Waals surface area contributed by atoms with Crippen molar-refractivity contribution in [3.8, 4) is 0 Å². The van der Waals surface area contributed by atoms with Gasteiger partial charge in [-0.3, -0.25) is 0 Å². The van der Waals surface area contributed by atoms with Crippen LogP contribution in [0.15, 0.2) is 60.7 Å². The number of hydrogen-bond acceptors (Lipinski definition) is 0. The van der Waals surface area contributed by atoms with Crippen LogP contribution >= 0.6 is 16.5 Å². The maximum atomic E-state index is 2.32. The van der Waals surface area contributed by atoms with Gasteiger partial charge in [0.1, 0.15) is 0 Å². The van der Waals surface area contributed by atoms with Crippen molar-refractivity contribution in [1.82, 2.24) is 0 Å². The Bertz CT molecular complexity index is 439. The zero-order valence-electron chi connectivity index (χ0n) is 10.8. The van der Waals surface area contributed by atoms with Crippen LogP contribution in [0, 0.1) is 0 Å². The minimum absolute atomic E-state index is 0.0571. The predicted octanol–water partition coefficient (Wildman–Crippen LogP) is 3.82. The molecule has 0 nitrogen and oxygen atoms in total. The molecule has 2 atom stereocenters. The second-order valence-corrected chi connectivity index (χ2v) is 8.31. The Morgan fingerprint density at radius 1 is 0.889 bits per heavy atom. The Kier molecular flexibility index (Phi) is 5.85. The number of benzene rings is 2. The third kappa shape index (κ3) is 4.20. The molecule has 0 aliphatic carbocycles. The number of rotatable bonds is 6. The van der Waals surface area contributed by atoms with Gasteiger partial charge in [-0.2, -0.15) is 0 Å². The molecule has 18 heavy (non-hydrogen) atoms. The van der Waals surface area contributed by atoms with Crippen LogP contribution in [0.5, 0.6) is 0 Å². The Morgan fingerprint density at radius 3 is 2.11 bits per heavy atom. The fourth-order valence-electron chi connectivity index (χ4n) is 2.00. The van der Waals surface area contributed by atoms with Crippen LogP contribution in [0.25, 0.3) is 0 Å². The molecule has 0 aliphatic rings. The average Bonchev–Trinajstić information content (AvgIpc) is 2.46. The van der Waals surface area contributed by atoms with Crippen LogP contribution in [0.2, 0.25) is 0 Å². The molecule has 0 bridgehead atoms. The van der Waals surface area contributed by atoms with E-state index in [0.717, 1.165) is 8.58 Å². The Balaban J connectivity index is 1.85. The maximum absolute atomic E-state index is 2.32. The predicted molar refractivity (Wildman–Crippen MR) is 87.7 cm³/mol. The van der Waals surface area contributed by atoms with Crippen molar-refractivity contribution >= 4 is 27.1 Å². The second-order valence-electron chi connectivity index (χ2n) is 4.21. The summed E-state index contributed by atoms with van der Waals surface area (Å²) in [6.45, 7) is 2.32. The fourth-order valence-corrected chi connectivity index (χ4v) is 5.78. The first-order valence-corrected chi connectivity index (χ1v) is 9.41. The molecular weight excluding hydrogens is 254 g/mol. The van der Waals surface area contributed by atoms with E-state index in [1.807, 2.05) is 0 Å². The van der Waals surface area contributed by atoms with Crippen molar-refractivity contribution in [2.75, 3.05) is 18.5 Å². The zero-order chi connectivity index (χ0) is 12.6. The molecule has 0 N–H and O–H groups in total. The molecule has 0 aliphatic heterocycles. The SMILES string of the molecule is CCP(CCPc1ccccc1)c1ccccc1. The van der Waals surface area contributed by atoms with Crippen LogP contribution in [0.1, 0.15) is 6.92 Å². The van der Waals surface area contributed by atoms with Gasteiger partial charge in [0, 0.05) is 0 Å². The second kappa shape index (κ2) is 7.67. The number of hydrogen-bond donors (Lipinski definition) is 0. The van der Waals surface area contributed by atoms with Crippen molar-refractivity contribution in [3.63, 3.8) is 0 Å². The van der Waals surface area contributed by atoms with Crippen molar-refractivity contribution in [3.05, 3.63) is 60.7 Å².